The lowest BCUT2D eigenvalue weighted by molar-refractivity contribution is 0.442. The third kappa shape index (κ3) is 4.26. The van der Waals surface area contributed by atoms with E-state index in [-0.39, 0.29) is 5.82 Å². The van der Waals surface area contributed by atoms with Crippen LogP contribution in [0.1, 0.15) is 30.5 Å². The van der Waals surface area contributed by atoms with Gasteiger partial charge in [0, 0.05) is 18.2 Å². The van der Waals surface area contributed by atoms with Crippen molar-refractivity contribution < 1.29 is 9.13 Å². The lowest BCUT2D eigenvalue weighted by Crippen LogP contribution is -2.22. The summed E-state index contributed by atoms with van der Waals surface area (Å²) in [6.45, 7) is 8.58. The fourth-order valence-electron chi connectivity index (χ4n) is 1.92. The van der Waals surface area contributed by atoms with Crippen LogP contribution in [-0.4, -0.2) is 11.0 Å². The first-order valence-electron chi connectivity index (χ1n) is 7.08. The highest BCUT2D eigenvalue weighted by Crippen LogP contribution is 2.27. The first kappa shape index (κ1) is 15.4. The Balaban J connectivity index is 2.28. The average molecular weight is 288 g/mol. The lowest BCUT2D eigenvalue weighted by atomic mass is 10.1. The summed E-state index contributed by atoms with van der Waals surface area (Å²) in [6.07, 6.45) is 1.18. The highest BCUT2D eigenvalue weighted by atomic mass is 19.1. The molecule has 0 saturated carbocycles. The molecule has 0 aliphatic heterocycles. The Hall–Kier alpha value is -1.94. The van der Waals surface area contributed by atoms with Crippen LogP contribution in [0.15, 0.2) is 30.5 Å². The zero-order chi connectivity index (χ0) is 15.4. The van der Waals surface area contributed by atoms with E-state index in [2.05, 4.69) is 10.3 Å². The first-order valence-corrected chi connectivity index (χ1v) is 7.08. The molecule has 0 amide bonds. The summed E-state index contributed by atoms with van der Waals surface area (Å²) in [5.74, 6) is 0.835. The molecule has 0 fully saturated rings. The molecule has 0 aliphatic carbocycles. The van der Waals surface area contributed by atoms with Gasteiger partial charge in [-0.1, -0.05) is 26.0 Å². The van der Waals surface area contributed by atoms with Crippen molar-refractivity contribution in [3.05, 3.63) is 53.0 Å². The maximum atomic E-state index is 13.4. The van der Waals surface area contributed by atoms with Gasteiger partial charge in [0.1, 0.15) is 11.6 Å². The number of aryl methyl sites for hydroxylation is 2. The van der Waals surface area contributed by atoms with E-state index in [1.165, 1.54) is 12.3 Å². The second-order valence-electron chi connectivity index (χ2n) is 5.52. The minimum Gasteiger partial charge on any atom is -0.438 e. The zero-order valence-corrected chi connectivity index (χ0v) is 12.9. The van der Waals surface area contributed by atoms with Crippen molar-refractivity contribution >= 4 is 0 Å². The summed E-state index contributed by atoms with van der Waals surface area (Å²) in [6, 6.07) is 7.76. The van der Waals surface area contributed by atoms with Crippen LogP contribution in [0, 0.1) is 19.7 Å². The molecule has 0 bridgehead atoms. The number of halogens is 1. The molecular weight excluding hydrogens is 267 g/mol. The van der Waals surface area contributed by atoms with Gasteiger partial charge < -0.3 is 10.1 Å². The molecule has 1 aromatic carbocycles. The molecule has 21 heavy (non-hydrogen) atoms. The Morgan fingerprint density at radius 1 is 1.24 bits per heavy atom. The predicted octanol–water partition coefficient (Wildman–Crippen LogP) is 4.13. The van der Waals surface area contributed by atoms with Crippen LogP contribution in [0.5, 0.6) is 11.6 Å². The van der Waals surface area contributed by atoms with E-state index in [4.69, 9.17) is 4.74 Å². The number of benzene rings is 1. The van der Waals surface area contributed by atoms with Gasteiger partial charge in [-0.15, -0.1) is 0 Å². The van der Waals surface area contributed by atoms with Crippen LogP contribution in [0.2, 0.25) is 0 Å². The fourth-order valence-corrected chi connectivity index (χ4v) is 1.92. The Bertz CT molecular complexity index is 626. The second kappa shape index (κ2) is 6.68. The number of nitrogens with zero attached hydrogens (tertiary/aromatic N) is 1. The number of aromatic nitrogens is 1. The number of ether oxygens (including phenoxy) is 1. The maximum Gasteiger partial charge on any atom is 0.223 e. The second-order valence-corrected chi connectivity index (χ2v) is 5.52. The van der Waals surface area contributed by atoms with Crippen molar-refractivity contribution in [2.75, 3.05) is 0 Å². The molecule has 0 aliphatic rings. The Morgan fingerprint density at radius 3 is 2.71 bits per heavy atom. The molecular formula is C17H21FN2O. The monoisotopic (exact) mass is 288 g/mol. The van der Waals surface area contributed by atoms with Crippen molar-refractivity contribution in [1.82, 2.24) is 10.3 Å². The summed E-state index contributed by atoms with van der Waals surface area (Å²) < 4.78 is 19.3. The number of hydrogen-bond donors (Lipinski definition) is 1. The van der Waals surface area contributed by atoms with Gasteiger partial charge in [-0.25, -0.2) is 9.37 Å². The van der Waals surface area contributed by atoms with Gasteiger partial charge in [-0.3, -0.25) is 0 Å². The van der Waals surface area contributed by atoms with E-state index >= 15 is 0 Å². The Morgan fingerprint density at radius 2 is 2.00 bits per heavy atom. The van der Waals surface area contributed by atoms with E-state index < -0.39 is 0 Å². The van der Waals surface area contributed by atoms with Crippen LogP contribution in [0.4, 0.5) is 4.39 Å². The summed E-state index contributed by atoms with van der Waals surface area (Å²) >= 11 is 0. The highest BCUT2D eigenvalue weighted by molar-refractivity contribution is 5.40. The largest absolute Gasteiger partial charge is 0.438 e. The standard InChI is InChI=1S/C17H21FN2O/c1-11(2)19-9-14-8-15(18)10-20-17(14)21-16-7-12(3)5-6-13(16)4/h5-8,10-11,19H,9H2,1-4H3. The third-order valence-corrected chi connectivity index (χ3v) is 3.14. The minimum atomic E-state index is -0.358. The van der Waals surface area contributed by atoms with Gasteiger partial charge >= 0.3 is 0 Å². The quantitative estimate of drug-likeness (QED) is 0.898. The summed E-state index contributed by atoms with van der Waals surface area (Å²) in [7, 11) is 0. The van der Waals surface area contributed by atoms with Crippen molar-refractivity contribution in [1.29, 1.82) is 0 Å². The van der Waals surface area contributed by atoms with E-state index in [0.29, 0.717) is 24.0 Å². The minimum absolute atomic E-state index is 0.307. The van der Waals surface area contributed by atoms with Crippen molar-refractivity contribution in [3.8, 4) is 11.6 Å². The number of rotatable bonds is 5. The molecule has 2 rings (SSSR count). The van der Waals surface area contributed by atoms with E-state index in [1.807, 2.05) is 45.9 Å². The zero-order valence-electron chi connectivity index (χ0n) is 12.9. The molecule has 1 heterocycles. The molecule has 2 aromatic rings. The molecule has 0 radical (unpaired) electrons. The normalized spacial score (nSPS) is 11.0. The van der Waals surface area contributed by atoms with Gasteiger partial charge in [-0.2, -0.15) is 0 Å². The molecule has 0 atom stereocenters. The highest BCUT2D eigenvalue weighted by Gasteiger charge is 2.10. The van der Waals surface area contributed by atoms with E-state index in [0.717, 1.165) is 16.9 Å². The van der Waals surface area contributed by atoms with Crippen LogP contribution in [0.3, 0.4) is 0 Å². The topological polar surface area (TPSA) is 34.1 Å². The molecule has 0 spiro atoms. The van der Waals surface area contributed by atoms with E-state index in [1.54, 1.807) is 0 Å². The molecule has 0 saturated heterocycles. The smallest absolute Gasteiger partial charge is 0.223 e. The Labute approximate surface area is 125 Å². The van der Waals surface area contributed by atoms with Crippen LogP contribution in [0.25, 0.3) is 0 Å². The van der Waals surface area contributed by atoms with Gasteiger partial charge in [0.2, 0.25) is 5.88 Å². The molecule has 112 valence electrons. The van der Waals surface area contributed by atoms with Gasteiger partial charge in [0.15, 0.2) is 0 Å². The average Bonchev–Trinajstić information content (AvgIpc) is 2.43. The number of nitrogens with one attached hydrogen (secondary N) is 1. The fraction of sp³-hybridized carbons (Fsp3) is 0.353. The first-order chi connectivity index (χ1) is 9.95. The van der Waals surface area contributed by atoms with Crippen LogP contribution in [-0.2, 0) is 6.54 Å². The molecule has 0 unspecified atom stereocenters. The van der Waals surface area contributed by atoms with Gasteiger partial charge in [0.25, 0.3) is 0 Å². The summed E-state index contributed by atoms with van der Waals surface area (Å²) in [5.41, 5.74) is 2.85. The van der Waals surface area contributed by atoms with Crippen LogP contribution >= 0.6 is 0 Å². The van der Waals surface area contributed by atoms with E-state index in [9.17, 15) is 4.39 Å². The van der Waals surface area contributed by atoms with Gasteiger partial charge in [0.05, 0.1) is 6.20 Å². The summed E-state index contributed by atoms with van der Waals surface area (Å²) in [5, 5.41) is 3.25. The van der Waals surface area contributed by atoms with Crippen molar-refractivity contribution in [2.24, 2.45) is 0 Å². The molecule has 3 nitrogen and oxygen atoms in total. The molecule has 1 aromatic heterocycles. The predicted molar refractivity (Wildman–Crippen MR) is 82.2 cm³/mol. The lowest BCUT2D eigenvalue weighted by Gasteiger charge is -2.14. The Kier molecular flexibility index (Phi) is 4.91. The number of pyridine rings is 1. The number of hydrogen-bond acceptors (Lipinski definition) is 3. The van der Waals surface area contributed by atoms with Crippen LogP contribution < -0.4 is 10.1 Å². The summed E-state index contributed by atoms with van der Waals surface area (Å²) in [4.78, 5) is 4.09. The molecule has 1 N–H and O–H groups in total. The van der Waals surface area contributed by atoms with Gasteiger partial charge in [-0.05, 0) is 37.1 Å². The van der Waals surface area contributed by atoms with Crippen molar-refractivity contribution in [3.63, 3.8) is 0 Å². The third-order valence-electron chi connectivity index (χ3n) is 3.14. The maximum absolute atomic E-state index is 13.4. The SMILES string of the molecule is Cc1ccc(C)c(Oc2ncc(F)cc2CNC(C)C)c1. The molecule has 4 heteroatoms. The van der Waals surface area contributed by atoms with Crippen molar-refractivity contribution in [2.45, 2.75) is 40.3 Å².